The molecule has 0 bridgehead atoms. The molecule has 13 aromatic rings. The first-order chi connectivity index (χ1) is 37.2. The van der Waals surface area contributed by atoms with E-state index in [4.69, 9.17) is 15.0 Å². The number of benzene rings is 11. The molecule has 354 valence electrons. The summed E-state index contributed by atoms with van der Waals surface area (Å²) >= 11 is 0. The number of hydrogen-bond acceptors (Lipinski definition) is 3. The standard InChI is InChI=1S/C70H48N4S/c1-7-25-49(26-8-1)67-71-68(73-69(72-67)51-28-24-40-58(46-51)75(55-34-13-4-14-35-55,56-36-15-5-16-37-56)57-38-17-6-18-39-57)50-27-23-33-54(45-50)74-65-44-22-20-42-60(65)62-47-61-59-41-19-21-43-63(59)70(64(61)48-66(62)74,52-29-9-2-10-30-52)53-31-11-3-12-32-53/h1-48H. The Balaban J connectivity index is 0.969. The van der Waals surface area contributed by atoms with Gasteiger partial charge in [0.25, 0.3) is 0 Å². The van der Waals surface area contributed by atoms with E-state index in [0.717, 1.165) is 33.4 Å². The highest BCUT2D eigenvalue weighted by Gasteiger charge is 2.46. The monoisotopic (exact) mass is 976 g/mol. The van der Waals surface area contributed by atoms with Crippen LogP contribution in [0.3, 0.4) is 0 Å². The summed E-state index contributed by atoms with van der Waals surface area (Å²) in [6.07, 6.45) is 0. The summed E-state index contributed by atoms with van der Waals surface area (Å²) in [5.74, 6) is 1.83. The van der Waals surface area contributed by atoms with Gasteiger partial charge in [0.2, 0.25) is 0 Å². The van der Waals surface area contributed by atoms with Crippen LogP contribution in [-0.4, -0.2) is 19.5 Å². The van der Waals surface area contributed by atoms with Gasteiger partial charge in [-0.25, -0.2) is 15.0 Å². The minimum absolute atomic E-state index is 0.539. The summed E-state index contributed by atoms with van der Waals surface area (Å²) in [5, 5.41) is 2.40. The molecule has 0 spiro atoms. The molecule has 1 aliphatic carbocycles. The number of fused-ring (bicyclic) bond motifs is 6. The van der Waals surface area contributed by atoms with Crippen molar-refractivity contribution in [2.45, 2.75) is 25.0 Å². The van der Waals surface area contributed by atoms with Gasteiger partial charge in [-0.05, 0) is 112 Å². The third-order valence-electron chi connectivity index (χ3n) is 15.0. The van der Waals surface area contributed by atoms with E-state index in [0.29, 0.717) is 17.5 Å². The van der Waals surface area contributed by atoms with Crippen LogP contribution in [0.5, 0.6) is 0 Å². The SMILES string of the molecule is c1ccc(-c2nc(-c3cccc(-n4c5ccccc5c5cc6c(cc54)C(c4ccccc4)(c4ccccc4)c4ccccc4-6)c3)nc(-c3cccc(S(c4ccccc4)(c4ccccc4)c4ccccc4)c3)n2)cc1. The zero-order valence-corrected chi connectivity index (χ0v) is 41.7. The van der Waals surface area contributed by atoms with Crippen molar-refractivity contribution in [2.24, 2.45) is 0 Å². The highest BCUT2D eigenvalue weighted by Crippen LogP contribution is 2.73. The van der Waals surface area contributed by atoms with Gasteiger partial charge in [-0.1, -0.05) is 212 Å². The van der Waals surface area contributed by atoms with Crippen LogP contribution in [-0.2, 0) is 5.41 Å². The summed E-state index contributed by atoms with van der Waals surface area (Å²) in [7, 11) is -1.97. The molecule has 11 aromatic carbocycles. The fraction of sp³-hybridized carbons (Fsp3) is 0.0143. The average molecular weight is 977 g/mol. The Bertz CT molecular complexity index is 4080. The first kappa shape index (κ1) is 44.3. The maximum Gasteiger partial charge on any atom is 0.164 e. The Hall–Kier alpha value is -9.42. The quantitative estimate of drug-likeness (QED) is 0.137. The van der Waals surface area contributed by atoms with Crippen molar-refractivity contribution in [2.75, 3.05) is 0 Å². The van der Waals surface area contributed by atoms with Gasteiger partial charge in [0.15, 0.2) is 17.5 Å². The zero-order chi connectivity index (χ0) is 49.8. The summed E-state index contributed by atoms with van der Waals surface area (Å²) in [5.41, 5.74) is 13.0. The maximum absolute atomic E-state index is 5.42. The smallest absolute Gasteiger partial charge is 0.164 e. The third-order valence-corrected chi connectivity index (χ3v) is 18.9. The van der Waals surface area contributed by atoms with E-state index in [1.807, 2.05) is 18.2 Å². The second kappa shape index (κ2) is 18.3. The van der Waals surface area contributed by atoms with E-state index in [2.05, 4.69) is 278 Å². The lowest BCUT2D eigenvalue weighted by Gasteiger charge is -2.42. The van der Waals surface area contributed by atoms with Crippen molar-refractivity contribution in [1.82, 2.24) is 19.5 Å². The Labute approximate surface area is 438 Å². The van der Waals surface area contributed by atoms with Crippen molar-refractivity contribution in [3.8, 4) is 51.0 Å². The molecule has 4 nitrogen and oxygen atoms in total. The summed E-state index contributed by atoms with van der Waals surface area (Å²) in [6, 6.07) is 105. The van der Waals surface area contributed by atoms with Crippen molar-refractivity contribution >= 4 is 31.8 Å². The van der Waals surface area contributed by atoms with E-state index in [1.54, 1.807) is 0 Å². The molecule has 14 rings (SSSR count). The molecule has 0 fully saturated rings. The molecule has 0 atom stereocenters. The Morgan fingerprint density at radius 3 is 1.35 bits per heavy atom. The van der Waals surface area contributed by atoms with Gasteiger partial charge in [-0.15, -0.1) is 10.0 Å². The topological polar surface area (TPSA) is 43.6 Å². The molecule has 0 aliphatic heterocycles. The van der Waals surface area contributed by atoms with Crippen LogP contribution in [0.25, 0.3) is 72.8 Å². The molecule has 0 saturated heterocycles. The fourth-order valence-electron chi connectivity index (χ4n) is 11.8. The molecule has 0 unspecified atom stereocenters. The summed E-state index contributed by atoms with van der Waals surface area (Å²) < 4.78 is 2.43. The minimum Gasteiger partial charge on any atom is -0.309 e. The zero-order valence-electron chi connectivity index (χ0n) is 40.9. The van der Waals surface area contributed by atoms with Gasteiger partial charge in [-0.2, -0.15) is 0 Å². The number of nitrogens with zero attached hydrogens (tertiary/aromatic N) is 4. The number of rotatable bonds is 10. The van der Waals surface area contributed by atoms with E-state index in [1.165, 1.54) is 63.7 Å². The number of para-hydroxylation sites is 1. The molecule has 0 radical (unpaired) electrons. The molecule has 0 N–H and O–H groups in total. The van der Waals surface area contributed by atoms with Crippen LogP contribution in [0.1, 0.15) is 22.3 Å². The van der Waals surface area contributed by atoms with Gasteiger partial charge in [-0.3, -0.25) is 0 Å². The average Bonchev–Trinajstić information content (AvgIpc) is 4.01. The lowest BCUT2D eigenvalue weighted by molar-refractivity contribution is 0.769. The van der Waals surface area contributed by atoms with Gasteiger partial charge in [0.1, 0.15) is 0 Å². The molecule has 0 amide bonds. The normalized spacial score (nSPS) is 12.9. The van der Waals surface area contributed by atoms with Crippen LogP contribution < -0.4 is 0 Å². The molecular weight excluding hydrogens is 929 g/mol. The second-order valence-electron chi connectivity index (χ2n) is 19.1. The first-order valence-corrected chi connectivity index (χ1v) is 27.1. The molecule has 5 heteroatoms. The highest BCUT2D eigenvalue weighted by molar-refractivity contribution is 8.34. The third kappa shape index (κ3) is 7.11. The first-order valence-electron chi connectivity index (χ1n) is 25.5. The van der Waals surface area contributed by atoms with E-state index >= 15 is 0 Å². The Kier molecular flexibility index (Phi) is 10.8. The maximum atomic E-state index is 5.42. The van der Waals surface area contributed by atoms with Gasteiger partial charge < -0.3 is 4.57 Å². The number of hydrogen-bond donors (Lipinski definition) is 0. The van der Waals surface area contributed by atoms with Crippen LogP contribution in [0, 0.1) is 0 Å². The minimum atomic E-state index is -1.97. The number of aromatic nitrogens is 4. The van der Waals surface area contributed by atoms with Crippen LogP contribution in [0.2, 0.25) is 0 Å². The van der Waals surface area contributed by atoms with Crippen LogP contribution >= 0.6 is 10.0 Å². The Morgan fingerprint density at radius 1 is 0.293 bits per heavy atom. The van der Waals surface area contributed by atoms with Crippen molar-refractivity contribution in [3.05, 3.63) is 313 Å². The predicted molar refractivity (Wildman–Crippen MR) is 308 cm³/mol. The van der Waals surface area contributed by atoms with Crippen LogP contribution in [0.4, 0.5) is 0 Å². The summed E-state index contributed by atoms with van der Waals surface area (Å²) in [6.45, 7) is 0. The Morgan fingerprint density at radius 2 is 0.747 bits per heavy atom. The van der Waals surface area contributed by atoms with Crippen LogP contribution in [0.15, 0.2) is 311 Å². The van der Waals surface area contributed by atoms with Gasteiger partial charge in [0.05, 0.1) is 16.4 Å². The molecule has 2 heterocycles. The molecule has 1 aliphatic rings. The highest BCUT2D eigenvalue weighted by atomic mass is 32.3. The molecule has 75 heavy (non-hydrogen) atoms. The summed E-state index contributed by atoms with van der Waals surface area (Å²) in [4.78, 5) is 21.0. The fourth-order valence-corrected chi connectivity index (χ4v) is 15.7. The van der Waals surface area contributed by atoms with E-state index in [9.17, 15) is 0 Å². The molecule has 0 saturated carbocycles. The molecule has 2 aromatic heterocycles. The lowest BCUT2D eigenvalue weighted by atomic mass is 9.67. The molecular formula is C70H48N4S. The lowest BCUT2D eigenvalue weighted by Crippen LogP contribution is -2.28. The van der Waals surface area contributed by atoms with E-state index in [-0.39, 0.29) is 0 Å². The van der Waals surface area contributed by atoms with Crippen molar-refractivity contribution in [3.63, 3.8) is 0 Å². The second-order valence-corrected chi connectivity index (χ2v) is 22.2. The van der Waals surface area contributed by atoms with Gasteiger partial charge >= 0.3 is 0 Å². The van der Waals surface area contributed by atoms with Crippen molar-refractivity contribution < 1.29 is 0 Å². The predicted octanol–water partition coefficient (Wildman–Crippen LogP) is 17.7. The largest absolute Gasteiger partial charge is 0.309 e. The van der Waals surface area contributed by atoms with Crippen molar-refractivity contribution in [1.29, 1.82) is 0 Å². The van der Waals surface area contributed by atoms with E-state index < -0.39 is 15.4 Å². The van der Waals surface area contributed by atoms with Gasteiger partial charge in [0, 0.05) is 52.7 Å².